The zero-order valence-corrected chi connectivity index (χ0v) is 12.3. The number of likely N-dealkylation sites (tertiary alicyclic amines) is 2. The quantitative estimate of drug-likeness (QED) is 0.847. The lowest BCUT2D eigenvalue weighted by atomic mass is 10.1. The van der Waals surface area contributed by atoms with E-state index in [0.29, 0.717) is 24.4 Å². The van der Waals surface area contributed by atoms with Crippen molar-refractivity contribution in [1.29, 1.82) is 0 Å². The minimum atomic E-state index is -0.640. The summed E-state index contributed by atoms with van der Waals surface area (Å²) in [5.41, 5.74) is 0. The summed E-state index contributed by atoms with van der Waals surface area (Å²) in [6.45, 7) is 9.07. The molecule has 19 heavy (non-hydrogen) atoms. The van der Waals surface area contributed by atoms with Gasteiger partial charge in [-0.15, -0.1) is 0 Å². The van der Waals surface area contributed by atoms with Crippen molar-refractivity contribution in [3.63, 3.8) is 0 Å². The zero-order valence-electron chi connectivity index (χ0n) is 12.3. The van der Waals surface area contributed by atoms with Crippen LogP contribution in [-0.2, 0) is 4.79 Å². The van der Waals surface area contributed by atoms with E-state index in [1.165, 1.54) is 32.4 Å². The van der Waals surface area contributed by atoms with E-state index in [4.69, 9.17) is 5.11 Å². The van der Waals surface area contributed by atoms with Crippen LogP contribution in [0.2, 0.25) is 0 Å². The number of nitrogens with zero attached hydrogens (tertiary/aromatic N) is 2. The third-order valence-electron chi connectivity index (χ3n) is 4.76. The normalized spacial score (nSPS) is 30.7. The molecule has 2 rings (SSSR count). The molecule has 0 amide bonds. The first-order chi connectivity index (χ1) is 9.06. The maximum Gasteiger partial charge on any atom is 0.303 e. The zero-order chi connectivity index (χ0) is 13.8. The largest absolute Gasteiger partial charge is 0.481 e. The van der Waals surface area contributed by atoms with Gasteiger partial charge in [-0.2, -0.15) is 0 Å². The van der Waals surface area contributed by atoms with Crippen LogP contribution in [0.3, 0.4) is 0 Å². The summed E-state index contributed by atoms with van der Waals surface area (Å²) >= 11 is 0. The second-order valence-corrected chi connectivity index (χ2v) is 6.46. The molecule has 2 unspecified atom stereocenters. The van der Waals surface area contributed by atoms with Gasteiger partial charge in [0.25, 0.3) is 0 Å². The van der Waals surface area contributed by atoms with Crippen molar-refractivity contribution >= 4 is 5.97 Å². The Kier molecular flexibility index (Phi) is 5.22. The summed E-state index contributed by atoms with van der Waals surface area (Å²) in [5.74, 6) is -0.263. The minimum absolute atomic E-state index is 0.349. The molecule has 2 fully saturated rings. The molecule has 0 aromatic heterocycles. The average Bonchev–Trinajstić information content (AvgIpc) is 2.64. The summed E-state index contributed by atoms with van der Waals surface area (Å²) in [6.07, 6.45) is 5.22. The fraction of sp³-hybridized carbons (Fsp3) is 0.933. The van der Waals surface area contributed by atoms with Gasteiger partial charge in [0, 0.05) is 25.0 Å². The summed E-state index contributed by atoms with van der Waals surface area (Å²) in [5, 5.41) is 8.89. The number of aliphatic carboxylic acids is 1. The van der Waals surface area contributed by atoms with Gasteiger partial charge < -0.3 is 14.9 Å². The van der Waals surface area contributed by atoms with Gasteiger partial charge in [0.05, 0.1) is 0 Å². The molecule has 4 nitrogen and oxygen atoms in total. The first-order valence-corrected chi connectivity index (χ1v) is 7.76. The fourth-order valence-corrected chi connectivity index (χ4v) is 3.59. The molecule has 0 spiro atoms. The van der Waals surface area contributed by atoms with Gasteiger partial charge in [-0.1, -0.05) is 0 Å². The van der Waals surface area contributed by atoms with Gasteiger partial charge in [-0.05, 0) is 65.1 Å². The second kappa shape index (κ2) is 6.71. The lowest BCUT2D eigenvalue weighted by Gasteiger charge is -2.28. The predicted octanol–water partition coefficient (Wildman–Crippen LogP) is 2.05. The molecule has 0 saturated carbocycles. The second-order valence-electron chi connectivity index (χ2n) is 6.46. The third-order valence-corrected chi connectivity index (χ3v) is 4.76. The predicted molar refractivity (Wildman–Crippen MR) is 76.3 cm³/mol. The molecule has 2 aliphatic rings. The van der Waals surface area contributed by atoms with E-state index in [2.05, 4.69) is 23.6 Å². The summed E-state index contributed by atoms with van der Waals surface area (Å²) in [6, 6.07) is 1.33. The van der Waals surface area contributed by atoms with E-state index in [-0.39, 0.29) is 0 Å². The van der Waals surface area contributed by atoms with Gasteiger partial charge in [0.2, 0.25) is 0 Å². The van der Waals surface area contributed by atoms with E-state index in [0.717, 1.165) is 19.5 Å². The Labute approximate surface area is 116 Å². The van der Waals surface area contributed by atoms with E-state index in [9.17, 15) is 4.79 Å². The SMILES string of the molecule is CC(C)N1CCCC(N2CCC(CC(=O)O)C2)CC1. The highest BCUT2D eigenvalue weighted by Crippen LogP contribution is 2.26. The van der Waals surface area contributed by atoms with E-state index < -0.39 is 5.97 Å². The standard InChI is InChI=1S/C15H28N2O2/c1-12(2)16-7-3-4-14(6-9-16)17-8-5-13(11-17)10-15(18)19/h12-14H,3-11H2,1-2H3,(H,18,19). The average molecular weight is 268 g/mol. The highest BCUT2D eigenvalue weighted by molar-refractivity contribution is 5.67. The third kappa shape index (κ3) is 4.18. The topological polar surface area (TPSA) is 43.8 Å². The molecule has 2 heterocycles. The number of carboxylic acid groups (broad SMARTS) is 1. The van der Waals surface area contributed by atoms with Crippen molar-refractivity contribution in [2.45, 2.75) is 58.0 Å². The molecule has 0 aromatic carbocycles. The monoisotopic (exact) mass is 268 g/mol. The Balaban J connectivity index is 1.81. The Morgan fingerprint density at radius 2 is 2.00 bits per heavy atom. The van der Waals surface area contributed by atoms with Crippen LogP contribution in [0.1, 0.15) is 46.0 Å². The van der Waals surface area contributed by atoms with Crippen LogP contribution in [0.15, 0.2) is 0 Å². The Morgan fingerprint density at radius 1 is 1.21 bits per heavy atom. The van der Waals surface area contributed by atoms with Crippen molar-refractivity contribution in [3.8, 4) is 0 Å². The van der Waals surface area contributed by atoms with Crippen LogP contribution in [0.25, 0.3) is 0 Å². The summed E-state index contributed by atoms with van der Waals surface area (Å²) in [7, 11) is 0. The molecule has 0 bridgehead atoms. The van der Waals surface area contributed by atoms with Crippen LogP contribution >= 0.6 is 0 Å². The molecular weight excluding hydrogens is 240 g/mol. The fourth-order valence-electron chi connectivity index (χ4n) is 3.59. The maximum absolute atomic E-state index is 10.8. The van der Waals surface area contributed by atoms with Crippen LogP contribution in [0, 0.1) is 5.92 Å². The number of carboxylic acids is 1. The van der Waals surface area contributed by atoms with Crippen molar-refractivity contribution in [2.75, 3.05) is 26.2 Å². The van der Waals surface area contributed by atoms with Crippen LogP contribution < -0.4 is 0 Å². The molecule has 110 valence electrons. The molecular formula is C15H28N2O2. The van der Waals surface area contributed by atoms with Crippen molar-refractivity contribution in [2.24, 2.45) is 5.92 Å². The number of rotatable bonds is 4. The molecule has 0 aromatic rings. The minimum Gasteiger partial charge on any atom is -0.481 e. The molecule has 0 radical (unpaired) electrons. The number of hydrogen-bond acceptors (Lipinski definition) is 3. The first-order valence-electron chi connectivity index (χ1n) is 7.76. The molecule has 4 heteroatoms. The lowest BCUT2D eigenvalue weighted by molar-refractivity contribution is -0.138. The summed E-state index contributed by atoms with van der Waals surface area (Å²) < 4.78 is 0. The van der Waals surface area contributed by atoms with E-state index >= 15 is 0 Å². The Morgan fingerprint density at radius 3 is 2.68 bits per heavy atom. The first kappa shape index (κ1) is 14.8. The van der Waals surface area contributed by atoms with Crippen molar-refractivity contribution in [1.82, 2.24) is 9.80 Å². The van der Waals surface area contributed by atoms with E-state index in [1.807, 2.05) is 0 Å². The molecule has 2 atom stereocenters. The molecule has 1 N–H and O–H groups in total. The lowest BCUT2D eigenvalue weighted by Crippen LogP contribution is -2.36. The number of carbonyl (C=O) groups is 1. The Hall–Kier alpha value is -0.610. The number of hydrogen-bond donors (Lipinski definition) is 1. The highest BCUT2D eigenvalue weighted by atomic mass is 16.4. The van der Waals surface area contributed by atoms with E-state index in [1.54, 1.807) is 0 Å². The smallest absolute Gasteiger partial charge is 0.303 e. The highest BCUT2D eigenvalue weighted by Gasteiger charge is 2.30. The maximum atomic E-state index is 10.8. The molecule has 2 saturated heterocycles. The van der Waals surface area contributed by atoms with Crippen molar-refractivity contribution in [3.05, 3.63) is 0 Å². The Bertz CT molecular complexity index is 307. The van der Waals surface area contributed by atoms with Crippen molar-refractivity contribution < 1.29 is 9.90 Å². The van der Waals surface area contributed by atoms with Crippen LogP contribution in [0.5, 0.6) is 0 Å². The van der Waals surface area contributed by atoms with Gasteiger partial charge in [0.1, 0.15) is 0 Å². The van der Waals surface area contributed by atoms with Crippen LogP contribution in [-0.4, -0.2) is 59.1 Å². The summed E-state index contributed by atoms with van der Waals surface area (Å²) in [4.78, 5) is 15.9. The van der Waals surface area contributed by atoms with Gasteiger partial charge in [-0.3, -0.25) is 4.79 Å². The van der Waals surface area contributed by atoms with Gasteiger partial charge in [0.15, 0.2) is 0 Å². The van der Waals surface area contributed by atoms with Gasteiger partial charge >= 0.3 is 5.97 Å². The van der Waals surface area contributed by atoms with Gasteiger partial charge in [-0.25, -0.2) is 0 Å². The molecule has 2 aliphatic heterocycles. The molecule has 0 aliphatic carbocycles. The van der Waals surface area contributed by atoms with Crippen LogP contribution in [0.4, 0.5) is 0 Å².